The Kier molecular flexibility index (Phi) is 3.26. The van der Waals surface area contributed by atoms with Crippen LogP contribution in [0.15, 0.2) is 22.8 Å². The summed E-state index contributed by atoms with van der Waals surface area (Å²) in [6, 6.07) is 3.30. The molecular weight excluding hydrogens is 210 g/mol. The first-order valence-corrected chi connectivity index (χ1v) is 5.29. The van der Waals surface area contributed by atoms with Gasteiger partial charge in [0.25, 0.3) is 5.91 Å². The molecule has 1 aromatic heterocycles. The van der Waals surface area contributed by atoms with Gasteiger partial charge < -0.3 is 19.2 Å². The second-order valence-electron chi connectivity index (χ2n) is 3.81. The lowest BCUT2D eigenvalue weighted by Gasteiger charge is -2.21. The molecule has 0 bridgehead atoms. The van der Waals surface area contributed by atoms with E-state index in [1.165, 1.54) is 6.26 Å². The zero-order valence-electron chi connectivity index (χ0n) is 9.19. The largest absolute Gasteiger partial charge is 0.459 e. The molecule has 1 aliphatic heterocycles. The minimum atomic E-state index is -0.559. The number of hydrogen-bond donors (Lipinski definition) is 1. The van der Waals surface area contributed by atoms with Crippen LogP contribution in [-0.2, 0) is 9.47 Å². The summed E-state index contributed by atoms with van der Waals surface area (Å²) in [7, 11) is 0. The molecule has 1 aliphatic rings. The normalized spacial score (nSPS) is 18.6. The summed E-state index contributed by atoms with van der Waals surface area (Å²) < 4.78 is 15.8. The van der Waals surface area contributed by atoms with Crippen LogP contribution in [-0.4, -0.2) is 31.5 Å². The van der Waals surface area contributed by atoms with Gasteiger partial charge in [0, 0.05) is 13.0 Å². The second kappa shape index (κ2) is 4.67. The third-order valence-corrected chi connectivity index (χ3v) is 2.51. The molecule has 0 spiro atoms. The van der Waals surface area contributed by atoms with Crippen LogP contribution < -0.4 is 5.32 Å². The van der Waals surface area contributed by atoms with Crippen LogP contribution >= 0.6 is 0 Å². The minimum Gasteiger partial charge on any atom is -0.459 e. The Morgan fingerprint density at radius 2 is 2.25 bits per heavy atom. The molecule has 1 N–H and O–H groups in total. The van der Waals surface area contributed by atoms with Crippen molar-refractivity contribution in [2.45, 2.75) is 19.1 Å². The van der Waals surface area contributed by atoms with Gasteiger partial charge in [0.2, 0.25) is 0 Å². The highest BCUT2D eigenvalue weighted by Gasteiger charge is 2.30. The van der Waals surface area contributed by atoms with Crippen LogP contribution in [0.25, 0.3) is 0 Å². The predicted molar refractivity (Wildman–Crippen MR) is 56.0 cm³/mol. The number of rotatable bonds is 4. The lowest BCUT2D eigenvalue weighted by atomic mass is 10.2. The Hall–Kier alpha value is -1.33. The zero-order chi connectivity index (χ0) is 11.4. The molecule has 88 valence electrons. The molecule has 0 saturated carbocycles. The molecule has 0 aromatic carbocycles. The number of ether oxygens (including phenoxy) is 2. The van der Waals surface area contributed by atoms with Crippen molar-refractivity contribution >= 4 is 5.91 Å². The van der Waals surface area contributed by atoms with Crippen molar-refractivity contribution < 1.29 is 18.7 Å². The molecule has 0 atom stereocenters. The number of nitrogens with one attached hydrogen (secondary N) is 1. The van der Waals surface area contributed by atoms with Gasteiger partial charge in [0.1, 0.15) is 0 Å². The first-order valence-electron chi connectivity index (χ1n) is 5.29. The topological polar surface area (TPSA) is 60.7 Å². The average Bonchev–Trinajstić information content (AvgIpc) is 2.88. The van der Waals surface area contributed by atoms with Gasteiger partial charge in [-0.3, -0.25) is 4.79 Å². The minimum absolute atomic E-state index is 0.216. The Morgan fingerprint density at radius 3 is 2.88 bits per heavy atom. The zero-order valence-corrected chi connectivity index (χ0v) is 9.19. The fourth-order valence-electron chi connectivity index (χ4n) is 1.60. The summed E-state index contributed by atoms with van der Waals surface area (Å²) in [6.07, 6.45) is 2.10. The first kappa shape index (κ1) is 11.2. The number of hydrogen-bond acceptors (Lipinski definition) is 4. The molecule has 1 saturated heterocycles. The van der Waals surface area contributed by atoms with E-state index in [1.807, 2.05) is 6.92 Å². The van der Waals surface area contributed by atoms with Crippen molar-refractivity contribution in [2.24, 2.45) is 0 Å². The molecule has 1 aromatic rings. The van der Waals surface area contributed by atoms with Gasteiger partial charge in [-0.05, 0) is 19.1 Å². The summed E-state index contributed by atoms with van der Waals surface area (Å²) in [4.78, 5) is 11.5. The molecule has 1 amide bonds. The highest BCUT2D eigenvalue weighted by Crippen LogP contribution is 2.21. The van der Waals surface area contributed by atoms with Gasteiger partial charge in [0.05, 0.1) is 19.5 Å². The lowest BCUT2D eigenvalue weighted by Crippen LogP contribution is -2.33. The Labute approximate surface area is 93.7 Å². The van der Waals surface area contributed by atoms with Crippen molar-refractivity contribution in [3.8, 4) is 0 Å². The first-order chi connectivity index (χ1) is 7.70. The van der Waals surface area contributed by atoms with Gasteiger partial charge in [-0.25, -0.2) is 0 Å². The maximum absolute atomic E-state index is 11.5. The number of amides is 1. The van der Waals surface area contributed by atoms with Crippen LogP contribution in [0.5, 0.6) is 0 Å². The van der Waals surface area contributed by atoms with Crippen LogP contribution in [0, 0.1) is 0 Å². The maximum Gasteiger partial charge on any atom is 0.286 e. The van der Waals surface area contributed by atoms with E-state index in [2.05, 4.69) is 5.32 Å². The fraction of sp³-hybridized carbons (Fsp3) is 0.545. The van der Waals surface area contributed by atoms with E-state index in [0.717, 1.165) is 0 Å². The number of furan rings is 1. The number of carbonyl (C=O) groups is 1. The van der Waals surface area contributed by atoms with Crippen LogP contribution in [0.2, 0.25) is 0 Å². The van der Waals surface area contributed by atoms with Crippen molar-refractivity contribution in [2.75, 3.05) is 19.8 Å². The van der Waals surface area contributed by atoms with Crippen molar-refractivity contribution in [3.05, 3.63) is 24.2 Å². The van der Waals surface area contributed by atoms with E-state index in [0.29, 0.717) is 31.9 Å². The Morgan fingerprint density at radius 1 is 1.50 bits per heavy atom. The SMILES string of the molecule is CC1(CCNC(=O)c2ccco2)OCCO1. The standard InChI is InChI=1S/C11H15NO4/c1-11(15-7-8-16-11)4-5-12-10(13)9-3-2-6-14-9/h2-3,6H,4-5,7-8H2,1H3,(H,12,13). The molecule has 16 heavy (non-hydrogen) atoms. The van der Waals surface area contributed by atoms with Gasteiger partial charge >= 0.3 is 0 Å². The molecular formula is C11H15NO4. The monoisotopic (exact) mass is 225 g/mol. The molecule has 0 unspecified atom stereocenters. The maximum atomic E-state index is 11.5. The van der Waals surface area contributed by atoms with E-state index in [4.69, 9.17) is 13.9 Å². The molecule has 0 radical (unpaired) electrons. The van der Waals surface area contributed by atoms with Crippen LogP contribution in [0.4, 0.5) is 0 Å². The summed E-state index contributed by atoms with van der Waals surface area (Å²) in [5.41, 5.74) is 0. The Bertz CT molecular complexity index is 341. The average molecular weight is 225 g/mol. The van der Waals surface area contributed by atoms with Gasteiger partial charge in [-0.15, -0.1) is 0 Å². The smallest absolute Gasteiger partial charge is 0.286 e. The summed E-state index contributed by atoms with van der Waals surface area (Å²) in [5.74, 6) is -0.457. The number of carbonyl (C=O) groups excluding carboxylic acids is 1. The molecule has 5 nitrogen and oxygen atoms in total. The van der Waals surface area contributed by atoms with Crippen molar-refractivity contribution in [3.63, 3.8) is 0 Å². The van der Waals surface area contributed by atoms with Gasteiger partial charge in [-0.1, -0.05) is 0 Å². The van der Waals surface area contributed by atoms with E-state index in [1.54, 1.807) is 12.1 Å². The second-order valence-corrected chi connectivity index (χ2v) is 3.81. The lowest BCUT2D eigenvalue weighted by molar-refractivity contribution is -0.145. The molecule has 1 fully saturated rings. The molecule has 0 aliphatic carbocycles. The predicted octanol–water partition coefficient (Wildman–Crippen LogP) is 1.16. The third-order valence-electron chi connectivity index (χ3n) is 2.51. The third kappa shape index (κ3) is 2.62. The molecule has 5 heteroatoms. The molecule has 2 heterocycles. The van der Waals surface area contributed by atoms with Gasteiger partial charge in [0.15, 0.2) is 11.5 Å². The Balaban J connectivity index is 1.74. The van der Waals surface area contributed by atoms with E-state index >= 15 is 0 Å². The van der Waals surface area contributed by atoms with E-state index in [-0.39, 0.29) is 5.91 Å². The highest BCUT2D eigenvalue weighted by molar-refractivity contribution is 5.91. The van der Waals surface area contributed by atoms with Crippen molar-refractivity contribution in [1.29, 1.82) is 0 Å². The quantitative estimate of drug-likeness (QED) is 0.835. The highest BCUT2D eigenvalue weighted by atomic mass is 16.7. The van der Waals surface area contributed by atoms with E-state index in [9.17, 15) is 4.79 Å². The van der Waals surface area contributed by atoms with Gasteiger partial charge in [-0.2, -0.15) is 0 Å². The summed E-state index contributed by atoms with van der Waals surface area (Å²) in [6.45, 7) is 3.60. The van der Waals surface area contributed by atoms with Crippen LogP contribution in [0.1, 0.15) is 23.9 Å². The molecule has 2 rings (SSSR count). The summed E-state index contributed by atoms with van der Waals surface area (Å²) >= 11 is 0. The fourth-order valence-corrected chi connectivity index (χ4v) is 1.60. The van der Waals surface area contributed by atoms with Crippen LogP contribution in [0.3, 0.4) is 0 Å². The van der Waals surface area contributed by atoms with E-state index < -0.39 is 5.79 Å². The van der Waals surface area contributed by atoms with Crippen molar-refractivity contribution in [1.82, 2.24) is 5.32 Å². The summed E-state index contributed by atoms with van der Waals surface area (Å²) in [5, 5.41) is 2.74.